The summed E-state index contributed by atoms with van der Waals surface area (Å²) < 4.78 is 5.35. The first-order chi connectivity index (χ1) is 12.7. The largest absolute Gasteiger partial charge is 0.484 e. The van der Waals surface area contributed by atoms with Crippen LogP contribution in [-0.2, 0) is 4.79 Å². The van der Waals surface area contributed by atoms with Crippen molar-refractivity contribution in [3.8, 4) is 5.75 Å². The van der Waals surface area contributed by atoms with E-state index < -0.39 is 0 Å². The molecule has 0 unspecified atom stereocenters. The van der Waals surface area contributed by atoms with E-state index in [0.29, 0.717) is 17.4 Å². The fourth-order valence-corrected chi connectivity index (χ4v) is 1.98. The molecular formula is C17H17N7O2. The zero-order valence-electron chi connectivity index (χ0n) is 13.7. The first kappa shape index (κ1) is 17.0. The molecule has 9 heteroatoms. The fourth-order valence-electron chi connectivity index (χ4n) is 1.98. The Labute approximate surface area is 149 Å². The van der Waals surface area contributed by atoms with Crippen molar-refractivity contribution in [1.82, 2.24) is 20.4 Å². The van der Waals surface area contributed by atoms with Crippen molar-refractivity contribution in [1.29, 1.82) is 0 Å². The van der Waals surface area contributed by atoms with Gasteiger partial charge < -0.3 is 15.8 Å². The number of benzene rings is 1. The molecule has 0 spiro atoms. The number of pyridine rings is 1. The van der Waals surface area contributed by atoms with Crippen LogP contribution < -0.4 is 26.6 Å². The molecule has 0 aliphatic rings. The van der Waals surface area contributed by atoms with Crippen molar-refractivity contribution in [2.45, 2.75) is 0 Å². The van der Waals surface area contributed by atoms with Crippen LogP contribution in [0.3, 0.4) is 0 Å². The Morgan fingerprint density at radius 2 is 1.77 bits per heavy atom. The lowest BCUT2D eigenvalue weighted by molar-refractivity contribution is -0.122. The third-order valence-corrected chi connectivity index (χ3v) is 3.23. The second-order valence-corrected chi connectivity index (χ2v) is 5.10. The quantitative estimate of drug-likeness (QED) is 0.474. The van der Waals surface area contributed by atoms with Gasteiger partial charge in [-0.05, 0) is 24.3 Å². The van der Waals surface area contributed by atoms with E-state index in [-0.39, 0.29) is 24.0 Å². The Morgan fingerprint density at radius 3 is 2.54 bits per heavy atom. The lowest BCUT2D eigenvalue weighted by atomic mass is 10.3. The normalized spacial score (nSPS) is 10.0. The molecule has 2 heterocycles. The summed E-state index contributed by atoms with van der Waals surface area (Å²) in [6.45, 7) is -0.152. The van der Waals surface area contributed by atoms with Gasteiger partial charge in [0.2, 0.25) is 0 Å². The molecule has 3 rings (SSSR count). The summed E-state index contributed by atoms with van der Waals surface area (Å²) in [7, 11) is 0. The number of nitrogens with zero attached hydrogens (tertiary/aromatic N) is 3. The number of carbonyl (C=O) groups excluding carboxylic acids is 1. The number of hydrazine groups is 1. The van der Waals surface area contributed by atoms with Gasteiger partial charge in [0.05, 0.1) is 0 Å². The summed E-state index contributed by atoms with van der Waals surface area (Å²) in [4.78, 5) is 24.1. The maximum atomic E-state index is 11.9. The third kappa shape index (κ3) is 4.57. The smallest absolute Gasteiger partial charge is 0.276 e. The van der Waals surface area contributed by atoms with Crippen molar-refractivity contribution < 1.29 is 9.53 Å². The van der Waals surface area contributed by atoms with E-state index in [1.54, 1.807) is 30.5 Å². The van der Waals surface area contributed by atoms with Crippen LogP contribution in [0.25, 0.3) is 0 Å². The molecule has 0 fully saturated rings. The number of nitrogens with one attached hydrogen (secondary N) is 3. The van der Waals surface area contributed by atoms with Crippen LogP contribution in [0.1, 0.15) is 0 Å². The van der Waals surface area contributed by atoms with Gasteiger partial charge in [-0.2, -0.15) is 0 Å². The molecule has 0 bridgehead atoms. The van der Waals surface area contributed by atoms with E-state index >= 15 is 0 Å². The van der Waals surface area contributed by atoms with Crippen LogP contribution in [0.5, 0.6) is 5.75 Å². The molecule has 1 amide bonds. The highest BCUT2D eigenvalue weighted by atomic mass is 16.5. The second kappa shape index (κ2) is 8.29. The average molecular weight is 351 g/mol. The molecule has 1 aromatic carbocycles. The van der Waals surface area contributed by atoms with Crippen LogP contribution in [0, 0.1) is 0 Å². The SMILES string of the molecule is Nc1c(NNC(=O)COc2ccccc2)ncnc1Nc1ccccn1. The van der Waals surface area contributed by atoms with Gasteiger partial charge in [-0.15, -0.1) is 0 Å². The lowest BCUT2D eigenvalue weighted by Crippen LogP contribution is -2.34. The fraction of sp³-hybridized carbons (Fsp3) is 0.0588. The van der Waals surface area contributed by atoms with Crippen LogP contribution in [0.4, 0.5) is 23.1 Å². The van der Waals surface area contributed by atoms with Crippen molar-refractivity contribution in [2.24, 2.45) is 0 Å². The zero-order chi connectivity index (χ0) is 18.2. The number of nitrogen functional groups attached to an aromatic ring is 1. The Bertz CT molecular complexity index is 860. The number of ether oxygens (including phenoxy) is 1. The van der Waals surface area contributed by atoms with Gasteiger partial charge in [0, 0.05) is 6.20 Å². The maximum Gasteiger partial charge on any atom is 0.276 e. The molecule has 0 atom stereocenters. The number of aromatic nitrogens is 3. The topological polar surface area (TPSA) is 127 Å². The molecule has 0 radical (unpaired) electrons. The van der Waals surface area contributed by atoms with Gasteiger partial charge in [-0.25, -0.2) is 15.0 Å². The summed E-state index contributed by atoms with van der Waals surface area (Å²) in [6.07, 6.45) is 2.96. The van der Waals surface area contributed by atoms with Gasteiger partial charge in [0.15, 0.2) is 18.2 Å². The van der Waals surface area contributed by atoms with Crippen LogP contribution >= 0.6 is 0 Å². The number of nitrogens with two attached hydrogens (primary N) is 1. The molecule has 9 nitrogen and oxygen atoms in total. The van der Waals surface area contributed by atoms with Gasteiger partial charge in [0.25, 0.3) is 5.91 Å². The van der Waals surface area contributed by atoms with Crippen LogP contribution in [0.2, 0.25) is 0 Å². The van der Waals surface area contributed by atoms with Gasteiger partial charge >= 0.3 is 0 Å². The molecule has 0 saturated carbocycles. The number of para-hydroxylation sites is 1. The summed E-state index contributed by atoms with van der Waals surface area (Å²) in [5.74, 6) is 1.43. The van der Waals surface area contributed by atoms with E-state index in [1.807, 2.05) is 24.3 Å². The third-order valence-electron chi connectivity index (χ3n) is 3.23. The number of hydrogen-bond acceptors (Lipinski definition) is 8. The van der Waals surface area contributed by atoms with Crippen molar-refractivity contribution in [3.63, 3.8) is 0 Å². The number of rotatable bonds is 7. The Balaban J connectivity index is 1.56. The highest BCUT2D eigenvalue weighted by Gasteiger charge is 2.10. The molecule has 5 N–H and O–H groups in total. The van der Waals surface area contributed by atoms with Crippen molar-refractivity contribution in [2.75, 3.05) is 23.1 Å². The lowest BCUT2D eigenvalue weighted by Gasteiger charge is -2.13. The number of carbonyl (C=O) groups is 1. The molecule has 0 aliphatic carbocycles. The average Bonchev–Trinajstić information content (AvgIpc) is 2.69. The predicted molar refractivity (Wildman–Crippen MR) is 97.7 cm³/mol. The van der Waals surface area contributed by atoms with E-state index in [0.717, 1.165) is 0 Å². The van der Waals surface area contributed by atoms with Gasteiger partial charge in [-0.3, -0.25) is 15.6 Å². The standard InChI is InChI=1S/C17H17N7O2/c18-15-16(22-13-8-4-5-9-19-13)20-11-21-17(15)24-23-14(25)10-26-12-6-2-1-3-7-12/h1-9,11H,10,18H2,(H,23,25)(H2,19,20,21,22,24). The molecule has 0 saturated heterocycles. The first-order valence-electron chi connectivity index (χ1n) is 7.73. The molecular weight excluding hydrogens is 334 g/mol. The minimum Gasteiger partial charge on any atom is -0.484 e. The van der Waals surface area contributed by atoms with E-state index in [9.17, 15) is 4.79 Å². The first-order valence-corrected chi connectivity index (χ1v) is 7.73. The van der Waals surface area contributed by atoms with Crippen LogP contribution in [0.15, 0.2) is 61.1 Å². The monoisotopic (exact) mass is 351 g/mol. The number of anilines is 4. The highest BCUT2D eigenvalue weighted by molar-refractivity contribution is 5.81. The van der Waals surface area contributed by atoms with Crippen molar-refractivity contribution in [3.05, 3.63) is 61.1 Å². The summed E-state index contributed by atoms with van der Waals surface area (Å²) in [5, 5.41) is 2.98. The Hall–Kier alpha value is -3.88. The predicted octanol–water partition coefficient (Wildman–Crippen LogP) is 1.72. The molecule has 132 valence electrons. The molecule has 2 aromatic heterocycles. The van der Waals surface area contributed by atoms with E-state index in [1.165, 1.54) is 6.33 Å². The molecule has 3 aromatic rings. The summed E-state index contributed by atoms with van der Waals surface area (Å²) >= 11 is 0. The van der Waals surface area contributed by atoms with Gasteiger partial charge in [-0.1, -0.05) is 24.3 Å². The van der Waals surface area contributed by atoms with Crippen LogP contribution in [-0.4, -0.2) is 27.5 Å². The summed E-state index contributed by atoms with van der Waals surface area (Å²) in [6, 6.07) is 14.4. The van der Waals surface area contributed by atoms with E-state index in [2.05, 4.69) is 31.1 Å². The molecule has 0 aliphatic heterocycles. The number of hydrogen-bond donors (Lipinski definition) is 4. The molecule has 26 heavy (non-hydrogen) atoms. The zero-order valence-corrected chi connectivity index (χ0v) is 13.7. The minimum absolute atomic E-state index is 0.152. The maximum absolute atomic E-state index is 11.9. The number of amides is 1. The Kier molecular flexibility index (Phi) is 5.41. The second-order valence-electron chi connectivity index (χ2n) is 5.10. The minimum atomic E-state index is -0.383. The highest BCUT2D eigenvalue weighted by Crippen LogP contribution is 2.24. The summed E-state index contributed by atoms with van der Waals surface area (Å²) in [5.41, 5.74) is 11.4. The Morgan fingerprint density at radius 1 is 1.00 bits per heavy atom. The van der Waals surface area contributed by atoms with E-state index in [4.69, 9.17) is 10.5 Å². The van der Waals surface area contributed by atoms with Crippen molar-refractivity contribution >= 4 is 29.0 Å². The van der Waals surface area contributed by atoms with Gasteiger partial charge in [0.1, 0.15) is 23.6 Å².